The first-order valence-electron chi connectivity index (χ1n) is 10.00. The second kappa shape index (κ2) is 11.0. The molecule has 1 aromatic rings. The van der Waals surface area contributed by atoms with Crippen LogP contribution in [0.5, 0.6) is 0 Å². The summed E-state index contributed by atoms with van der Waals surface area (Å²) < 4.78 is 0. The molecule has 154 valence electrons. The lowest BCUT2D eigenvalue weighted by Crippen LogP contribution is -2.51. The van der Waals surface area contributed by atoms with Gasteiger partial charge in [0.15, 0.2) is 0 Å². The Kier molecular flexibility index (Phi) is 8.67. The van der Waals surface area contributed by atoms with Crippen molar-refractivity contribution in [3.63, 3.8) is 0 Å². The van der Waals surface area contributed by atoms with E-state index in [4.69, 9.17) is 0 Å². The molecule has 0 bridgehead atoms. The fourth-order valence-electron chi connectivity index (χ4n) is 3.78. The van der Waals surface area contributed by atoms with Gasteiger partial charge >= 0.3 is 0 Å². The minimum Gasteiger partial charge on any atom is -0.395 e. The van der Waals surface area contributed by atoms with Gasteiger partial charge in [0.25, 0.3) is 0 Å². The summed E-state index contributed by atoms with van der Waals surface area (Å²) in [6.07, 6.45) is 5.55. The highest BCUT2D eigenvalue weighted by atomic mass is 16.3. The maximum absolute atomic E-state index is 12.9. The normalized spacial score (nSPS) is 16.4. The highest BCUT2D eigenvalue weighted by molar-refractivity contribution is 5.86. The average molecular weight is 389 g/mol. The van der Waals surface area contributed by atoms with E-state index in [2.05, 4.69) is 11.9 Å². The van der Waals surface area contributed by atoms with Gasteiger partial charge < -0.3 is 20.4 Å². The summed E-state index contributed by atoms with van der Waals surface area (Å²) in [5.41, 5.74) is 0.410. The van der Waals surface area contributed by atoms with Crippen LogP contribution in [-0.2, 0) is 16.1 Å². The molecule has 0 unspecified atom stereocenters. The Labute approximate surface area is 167 Å². The fourth-order valence-corrected chi connectivity index (χ4v) is 3.78. The lowest BCUT2D eigenvalue weighted by atomic mass is 9.94. The number of benzene rings is 1. The zero-order chi connectivity index (χ0) is 20.4. The molecule has 6 heteroatoms. The summed E-state index contributed by atoms with van der Waals surface area (Å²) in [6, 6.07) is 9.57. The first-order valence-corrected chi connectivity index (χ1v) is 10.00. The van der Waals surface area contributed by atoms with Gasteiger partial charge in [0, 0.05) is 19.5 Å². The van der Waals surface area contributed by atoms with Crippen molar-refractivity contribution in [2.24, 2.45) is 5.92 Å². The minimum atomic E-state index is -0.561. The molecule has 2 rings (SSSR count). The number of rotatable bonds is 11. The van der Waals surface area contributed by atoms with Crippen molar-refractivity contribution in [1.82, 2.24) is 10.2 Å². The van der Waals surface area contributed by atoms with E-state index < -0.39 is 11.5 Å². The van der Waals surface area contributed by atoms with E-state index in [0.29, 0.717) is 13.0 Å². The van der Waals surface area contributed by atoms with Crippen LogP contribution < -0.4 is 5.32 Å². The van der Waals surface area contributed by atoms with Gasteiger partial charge in [-0.05, 0) is 24.8 Å². The molecular formula is C22H32N2O4. The SMILES string of the molecule is C=CC[C@@H](CC(=O)N(CCO)Cc1ccccc1)C(=O)NC1(CO)CCCC1. The molecule has 3 N–H and O–H groups in total. The summed E-state index contributed by atoms with van der Waals surface area (Å²) in [5.74, 6) is -0.928. The van der Waals surface area contributed by atoms with Crippen molar-refractivity contribution in [3.05, 3.63) is 48.6 Å². The summed E-state index contributed by atoms with van der Waals surface area (Å²) in [4.78, 5) is 27.3. The Morgan fingerprint density at radius 3 is 2.46 bits per heavy atom. The Hall–Kier alpha value is -2.18. The number of hydrogen-bond acceptors (Lipinski definition) is 4. The molecule has 0 spiro atoms. The number of carbonyl (C=O) groups is 2. The fraction of sp³-hybridized carbons (Fsp3) is 0.545. The van der Waals surface area contributed by atoms with Gasteiger partial charge in [-0.3, -0.25) is 9.59 Å². The molecular weight excluding hydrogens is 356 g/mol. The predicted molar refractivity (Wildman–Crippen MR) is 108 cm³/mol. The first kappa shape index (κ1) is 22.1. The van der Waals surface area contributed by atoms with E-state index in [1.165, 1.54) is 0 Å². The molecule has 0 aliphatic heterocycles. The number of hydrogen-bond donors (Lipinski definition) is 3. The molecule has 0 aromatic heterocycles. The molecule has 0 heterocycles. The van der Waals surface area contributed by atoms with Crippen LogP contribution in [-0.4, -0.2) is 52.2 Å². The van der Waals surface area contributed by atoms with E-state index >= 15 is 0 Å². The molecule has 1 saturated carbocycles. The van der Waals surface area contributed by atoms with Crippen LogP contribution in [0, 0.1) is 5.92 Å². The molecule has 1 atom stereocenters. The summed E-state index contributed by atoms with van der Waals surface area (Å²) >= 11 is 0. The third-order valence-electron chi connectivity index (χ3n) is 5.43. The van der Waals surface area contributed by atoms with Crippen LogP contribution in [0.25, 0.3) is 0 Å². The van der Waals surface area contributed by atoms with Crippen LogP contribution in [0.3, 0.4) is 0 Å². The molecule has 28 heavy (non-hydrogen) atoms. The van der Waals surface area contributed by atoms with Crippen LogP contribution in [0.15, 0.2) is 43.0 Å². The van der Waals surface area contributed by atoms with Crippen LogP contribution in [0.2, 0.25) is 0 Å². The standard InChI is InChI=1S/C22H32N2O4/c1-2-8-19(21(28)23-22(17-26)11-6-7-12-22)15-20(27)24(13-14-25)16-18-9-4-3-5-10-18/h2-5,9-10,19,25-26H,1,6-8,11-17H2,(H,23,28)/t19-/m0/s1. The second-order valence-corrected chi connectivity index (χ2v) is 7.58. The zero-order valence-electron chi connectivity index (χ0n) is 16.5. The highest BCUT2D eigenvalue weighted by Gasteiger charge is 2.36. The zero-order valence-corrected chi connectivity index (χ0v) is 16.5. The first-order chi connectivity index (χ1) is 13.5. The number of aliphatic hydroxyl groups is 2. The molecule has 1 aliphatic rings. The van der Waals surface area contributed by atoms with Gasteiger partial charge in [-0.2, -0.15) is 0 Å². The van der Waals surface area contributed by atoms with Crippen LogP contribution in [0.4, 0.5) is 0 Å². The van der Waals surface area contributed by atoms with E-state index in [1.807, 2.05) is 30.3 Å². The van der Waals surface area contributed by atoms with Crippen molar-refractivity contribution in [3.8, 4) is 0 Å². The summed E-state index contributed by atoms with van der Waals surface area (Å²) in [5, 5.41) is 22.1. The van der Waals surface area contributed by atoms with Gasteiger partial charge in [0.05, 0.1) is 24.7 Å². The number of nitrogens with one attached hydrogen (secondary N) is 1. The Morgan fingerprint density at radius 2 is 1.89 bits per heavy atom. The van der Waals surface area contributed by atoms with E-state index in [0.717, 1.165) is 31.2 Å². The molecule has 1 aliphatic carbocycles. The Bertz CT molecular complexity index is 641. The summed E-state index contributed by atoms with van der Waals surface area (Å²) in [7, 11) is 0. The largest absolute Gasteiger partial charge is 0.395 e. The van der Waals surface area contributed by atoms with Crippen molar-refractivity contribution in [2.75, 3.05) is 19.8 Å². The lowest BCUT2D eigenvalue weighted by Gasteiger charge is -2.31. The topological polar surface area (TPSA) is 89.9 Å². The van der Waals surface area contributed by atoms with Gasteiger partial charge in [-0.15, -0.1) is 6.58 Å². The monoisotopic (exact) mass is 388 g/mol. The van der Waals surface area contributed by atoms with Crippen LogP contribution in [0.1, 0.15) is 44.1 Å². The molecule has 1 fully saturated rings. The second-order valence-electron chi connectivity index (χ2n) is 7.58. The van der Waals surface area contributed by atoms with Crippen molar-refractivity contribution >= 4 is 11.8 Å². The molecule has 2 amide bonds. The van der Waals surface area contributed by atoms with E-state index in [9.17, 15) is 19.8 Å². The van der Waals surface area contributed by atoms with Gasteiger partial charge in [-0.25, -0.2) is 0 Å². The number of allylic oxidation sites excluding steroid dienone is 1. The van der Waals surface area contributed by atoms with Gasteiger partial charge in [0.1, 0.15) is 0 Å². The molecule has 1 aromatic carbocycles. The Morgan fingerprint density at radius 1 is 1.21 bits per heavy atom. The molecule has 6 nitrogen and oxygen atoms in total. The molecule has 0 radical (unpaired) electrons. The maximum Gasteiger partial charge on any atom is 0.224 e. The maximum atomic E-state index is 12.9. The number of amides is 2. The molecule has 0 saturated heterocycles. The number of nitrogens with zero attached hydrogens (tertiary/aromatic N) is 1. The van der Waals surface area contributed by atoms with Crippen molar-refractivity contribution in [2.45, 2.75) is 50.6 Å². The third kappa shape index (κ3) is 6.17. The van der Waals surface area contributed by atoms with Crippen molar-refractivity contribution in [1.29, 1.82) is 0 Å². The number of aliphatic hydroxyl groups excluding tert-OH is 2. The van der Waals surface area contributed by atoms with E-state index in [1.54, 1.807) is 11.0 Å². The summed E-state index contributed by atoms with van der Waals surface area (Å²) in [6.45, 7) is 4.11. The lowest BCUT2D eigenvalue weighted by molar-refractivity contribution is -0.138. The van der Waals surface area contributed by atoms with Crippen molar-refractivity contribution < 1.29 is 19.8 Å². The smallest absolute Gasteiger partial charge is 0.224 e. The number of carbonyl (C=O) groups excluding carboxylic acids is 2. The predicted octanol–water partition coefficient (Wildman–Crippen LogP) is 2.01. The van der Waals surface area contributed by atoms with Crippen LogP contribution >= 0.6 is 0 Å². The Balaban J connectivity index is 2.04. The third-order valence-corrected chi connectivity index (χ3v) is 5.43. The highest BCUT2D eigenvalue weighted by Crippen LogP contribution is 2.30. The van der Waals surface area contributed by atoms with Gasteiger partial charge in [-0.1, -0.05) is 49.2 Å². The minimum absolute atomic E-state index is 0.0478. The average Bonchev–Trinajstić information content (AvgIpc) is 3.17. The van der Waals surface area contributed by atoms with E-state index in [-0.39, 0.29) is 38.0 Å². The quantitative estimate of drug-likeness (QED) is 0.506. The van der Waals surface area contributed by atoms with Gasteiger partial charge in [0.2, 0.25) is 11.8 Å².